The fraction of sp³-hybridized carbons (Fsp3) is 0.500. The molecule has 0 heterocycles. The number of rotatable bonds is 4. The molecule has 116 valence electrons. The van der Waals surface area contributed by atoms with E-state index in [2.05, 4.69) is 10.1 Å². The van der Waals surface area contributed by atoms with E-state index in [9.17, 15) is 18.0 Å². The standard InChI is InChI=1S/C14H15ClF3NO2/c15-9-13(7-1-2-8-13)19-12(20)10-3-5-11(6-4-10)21-14(16,17)18/h3-6H,1-2,7-9H2,(H,19,20). The molecule has 7 heteroatoms. The van der Waals surface area contributed by atoms with Crippen LogP contribution >= 0.6 is 11.6 Å². The maximum Gasteiger partial charge on any atom is 0.573 e. The lowest BCUT2D eigenvalue weighted by Crippen LogP contribution is -2.47. The summed E-state index contributed by atoms with van der Waals surface area (Å²) < 4.78 is 39.9. The van der Waals surface area contributed by atoms with Gasteiger partial charge in [-0.15, -0.1) is 24.8 Å². The van der Waals surface area contributed by atoms with Crippen LogP contribution in [0.2, 0.25) is 0 Å². The van der Waals surface area contributed by atoms with E-state index in [1.54, 1.807) is 0 Å². The molecule has 0 spiro atoms. The number of alkyl halides is 4. The Balaban J connectivity index is 2.03. The second-order valence-electron chi connectivity index (χ2n) is 5.15. The summed E-state index contributed by atoms with van der Waals surface area (Å²) in [6, 6.07) is 4.83. The highest BCUT2D eigenvalue weighted by molar-refractivity contribution is 6.19. The average molecular weight is 322 g/mol. The van der Waals surface area contributed by atoms with E-state index in [0.29, 0.717) is 5.88 Å². The summed E-state index contributed by atoms with van der Waals surface area (Å²) in [5, 5.41) is 2.89. The molecule has 2 rings (SSSR count). The average Bonchev–Trinajstić information content (AvgIpc) is 2.87. The molecule has 0 unspecified atom stereocenters. The van der Waals surface area contributed by atoms with Crippen LogP contribution < -0.4 is 10.1 Å². The summed E-state index contributed by atoms with van der Waals surface area (Å²) in [4.78, 5) is 12.1. The summed E-state index contributed by atoms with van der Waals surface area (Å²) in [7, 11) is 0. The number of halogens is 4. The Bertz CT molecular complexity index is 496. The fourth-order valence-electron chi connectivity index (χ4n) is 2.46. The van der Waals surface area contributed by atoms with Gasteiger partial charge in [0.1, 0.15) is 5.75 Å². The van der Waals surface area contributed by atoms with Crippen LogP contribution in [0.5, 0.6) is 5.75 Å². The van der Waals surface area contributed by atoms with Gasteiger partial charge in [-0.2, -0.15) is 0 Å². The van der Waals surface area contributed by atoms with Crippen LogP contribution in [0.15, 0.2) is 24.3 Å². The maximum absolute atomic E-state index is 12.1. The van der Waals surface area contributed by atoms with E-state index < -0.39 is 11.9 Å². The Hall–Kier alpha value is -1.43. The lowest BCUT2D eigenvalue weighted by atomic mass is 9.99. The summed E-state index contributed by atoms with van der Waals surface area (Å²) in [6.45, 7) is 0. The number of benzene rings is 1. The van der Waals surface area contributed by atoms with Crippen LogP contribution in [0.25, 0.3) is 0 Å². The number of carbonyl (C=O) groups excluding carboxylic acids is 1. The SMILES string of the molecule is O=C(NC1(CCl)CCCC1)c1ccc(OC(F)(F)F)cc1. The first kappa shape index (κ1) is 15.9. The number of amides is 1. The summed E-state index contributed by atoms with van der Waals surface area (Å²) in [6.07, 6.45) is -1.10. The van der Waals surface area contributed by atoms with Crippen LogP contribution in [0.1, 0.15) is 36.0 Å². The molecule has 21 heavy (non-hydrogen) atoms. The van der Waals surface area contributed by atoms with Crippen molar-refractivity contribution in [2.75, 3.05) is 5.88 Å². The minimum Gasteiger partial charge on any atom is -0.406 e. The molecule has 0 aliphatic heterocycles. The van der Waals surface area contributed by atoms with Gasteiger partial charge in [-0.25, -0.2) is 0 Å². The van der Waals surface area contributed by atoms with Crippen molar-refractivity contribution in [3.8, 4) is 5.75 Å². The lowest BCUT2D eigenvalue weighted by Gasteiger charge is -2.27. The highest BCUT2D eigenvalue weighted by atomic mass is 35.5. The first-order valence-corrected chi connectivity index (χ1v) is 7.11. The molecule has 0 bridgehead atoms. The van der Waals surface area contributed by atoms with E-state index >= 15 is 0 Å². The van der Waals surface area contributed by atoms with E-state index in [0.717, 1.165) is 37.8 Å². The van der Waals surface area contributed by atoms with Crippen LogP contribution in [-0.2, 0) is 0 Å². The maximum atomic E-state index is 12.1. The second kappa shape index (κ2) is 6.13. The van der Waals surface area contributed by atoms with Gasteiger partial charge in [0.05, 0.1) is 5.54 Å². The Kier molecular flexibility index (Phi) is 4.66. The molecule has 1 saturated carbocycles. The van der Waals surface area contributed by atoms with Gasteiger partial charge in [-0.3, -0.25) is 4.79 Å². The topological polar surface area (TPSA) is 38.3 Å². The summed E-state index contributed by atoms with van der Waals surface area (Å²) in [5.41, 5.74) is -0.124. The number of ether oxygens (including phenoxy) is 1. The number of hydrogen-bond donors (Lipinski definition) is 1. The number of nitrogens with one attached hydrogen (secondary N) is 1. The largest absolute Gasteiger partial charge is 0.573 e. The van der Waals surface area contributed by atoms with Gasteiger partial charge in [0.2, 0.25) is 0 Å². The quantitative estimate of drug-likeness (QED) is 0.855. The molecular weight excluding hydrogens is 307 g/mol. The van der Waals surface area contributed by atoms with E-state index in [1.807, 2.05) is 0 Å². The molecule has 0 radical (unpaired) electrons. The van der Waals surface area contributed by atoms with E-state index in [1.165, 1.54) is 12.1 Å². The third-order valence-electron chi connectivity index (χ3n) is 3.55. The van der Waals surface area contributed by atoms with Crippen molar-refractivity contribution in [3.63, 3.8) is 0 Å². The van der Waals surface area contributed by atoms with Crippen LogP contribution in [0.3, 0.4) is 0 Å². The normalized spacial score (nSPS) is 17.5. The molecule has 0 atom stereocenters. The molecule has 3 nitrogen and oxygen atoms in total. The molecule has 0 saturated heterocycles. The predicted molar refractivity (Wildman–Crippen MR) is 72.5 cm³/mol. The molecule has 1 aromatic rings. The monoisotopic (exact) mass is 321 g/mol. The minimum absolute atomic E-state index is 0.279. The van der Waals surface area contributed by atoms with E-state index in [-0.39, 0.29) is 17.2 Å². The van der Waals surface area contributed by atoms with Gasteiger partial charge >= 0.3 is 6.36 Å². The lowest BCUT2D eigenvalue weighted by molar-refractivity contribution is -0.274. The minimum atomic E-state index is -4.74. The molecule has 1 aliphatic rings. The molecule has 0 aromatic heterocycles. The predicted octanol–water partition coefficient (Wildman–Crippen LogP) is 3.87. The van der Waals surface area contributed by atoms with Gasteiger partial charge < -0.3 is 10.1 Å². The Labute approximate surface area is 125 Å². The molecule has 1 amide bonds. The van der Waals surface area contributed by atoms with Crippen LogP contribution in [0, 0.1) is 0 Å². The summed E-state index contributed by atoms with van der Waals surface area (Å²) in [5.74, 6) is -0.364. The molecule has 1 fully saturated rings. The second-order valence-corrected chi connectivity index (χ2v) is 5.41. The van der Waals surface area contributed by atoms with Gasteiger partial charge in [0.15, 0.2) is 0 Å². The van der Waals surface area contributed by atoms with Crippen molar-refractivity contribution < 1.29 is 22.7 Å². The zero-order chi connectivity index (χ0) is 15.5. The highest BCUT2D eigenvalue weighted by Gasteiger charge is 2.35. The first-order valence-electron chi connectivity index (χ1n) is 6.58. The smallest absolute Gasteiger partial charge is 0.406 e. The van der Waals surface area contributed by atoms with Gasteiger partial charge in [-0.1, -0.05) is 12.8 Å². The zero-order valence-corrected chi connectivity index (χ0v) is 11.9. The third-order valence-corrected chi connectivity index (χ3v) is 4.06. The van der Waals surface area contributed by atoms with Crippen molar-refractivity contribution in [2.24, 2.45) is 0 Å². The number of carbonyl (C=O) groups is 1. The third kappa shape index (κ3) is 4.27. The highest BCUT2D eigenvalue weighted by Crippen LogP contribution is 2.31. The summed E-state index contributed by atoms with van der Waals surface area (Å²) >= 11 is 5.93. The Morgan fingerprint density at radius 2 is 1.81 bits per heavy atom. The Morgan fingerprint density at radius 3 is 2.29 bits per heavy atom. The number of hydrogen-bond acceptors (Lipinski definition) is 2. The molecule has 1 N–H and O–H groups in total. The first-order chi connectivity index (χ1) is 9.84. The van der Waals surface area contributed by atoms with Crippen molar-refractivity contribution in [3.05, 3.63) is 29.8 Å². The van der Waals surface area contributed by atoms with Crippen LogP contribution in [0.4, 0.5) is 13.2 Å². The zero-order valence-electron chi connectivity index (χ0n) is 11.2. The van der Waals surface area contributed by atoms with Crippen molar-refractivity contribution in [1.29, 1.82) is 0 Å². The Morgan fingerprint density at radius 1 is 1.24 bits per heavy atom. The molecule has 1 aromatic carbocycles. The van der Waals surface area contributed by atoms with Gasteiger partial charge in [-0.05, 0) is 37.1 Å². The molecular formula is C14H15ClF3NO2. The van der Waals surface area contributed by atoms with Crippen LogP contribution in [-0.4, -0.2) is 23.7 Å². The van der Waals surface area contributed by atoms with Gasteiger partial charge in [0, 0.05) is 11.4 Å². The fourth-order valence-corrected chi connectivity index (χ4v) is 2.80. The molecule has 1 aliphatic carbocycles. The van der Waals surface area contributed by atoms with Crippen molar-refractivity contribution in [2.45, 2.75) is 37.6 Å². The van der Waals surface area contributed by atoms with E-state index in [4.69, 9.17) is 11.6 Å². The van der Waals surface area contributed by atoms with Gasteiger partial charge in [0.25, 0.3) is 5.91 Å². The van der Waals surface area contributed by atoms with Crippen molar-refractivity contribution >= 4 is 17.5 Å². The van der Waals surface area contributed by atoms with Crippen molar-refractivity contribution in [1.82, 2.24) is 5.32 Å².